The van der Waals surface area contributed by atoms with E-state index in [2.05, 4.69) is 15.3 Å². The molecule has 6 nitrogen and oxygen atoms in total. The molecule has 1 aromatic rings. The first kappa shape index (κ1) is 15.4. The predicted molar refractivity (Wildman–Crippen MR) is 72.4 cm³/mol. The third-order valence-corrected chi connectivity index (χ3v) is 3.11. The Kier molecular flexibility index (Phi) is 5.23. The van der Waals surface area contributed by atoms with Crippen molar-refractivity contribution < 1.29 is 9.59 Å². The average Bonchev–Trinajstić information content (AvgIpc) is 2.87. The van der Waals surface area contributed by atoms with E-state index in [-0.39, 0.29) is 11.7 Å². The molecule has 0 radical (unpaired) electrons. The maximum absolute atomic E-state index is 11.8. The Balaban J connectivity index is 2.44. The van der Waals surface area contributed by atoms with Gasteiger partial charge >= 0.3 is 0 Å². The van der Waals surface area contributed by atoms with Crippen molar-refractivity contribution in [1.29, 1.82) is 0 Å². The number of nitrogens with one attached hydrogen (secondary N) is 2. The molecule has 106 valence electrons. The molecule has 19 heavy (non-hydrogen) atoms. The summed E-state index contributed by atoms with van der Waals surface area (Å²) in [5.74, 6) is -0.137. The first-order chi connectivity index (χ1) is 8.86. The zero-order valence-corrected chi connectivity index (χ0v) is 11.7. The van der Waals surface area contributed by atoms with Gasteiger partial charge in [-0.15, -0.1) is 0 Å². The van der Waals surface area contributed by atoms with Crippen molar-refractivity contribution in [2.45, 2.75) is 39.7 Å². The van der Waals surface area contributed by atoms with Gasteiger partial charge in [0.15, 0.2) is 0 Å². The van der Waals surface area contributed by atoms with Crippen LogP contribution in [0.5, 0.6) is 0 Å². The Morgan fingerprint density at radius 3 is 2.74 bits per heavy atom. The van der Waals surface area contributed by atoms with Gasteiger partial charge in [0, 0.05) is 36.7 Å². The largest absolute Gasteiger partial charge is 0.354 e. The molecular weight excluding hydrogens is 244 g/mol. The molecule has 0 bridgehead atoms. The van der Waals surface area contributed by atoms with Gasteiger partial charge in [-0.3, -0.25) is 9.59 Å². The number of H-pyrrole nitrogens is 1. The normalized spacial score (nSPS) is 13.1. The van der Waals surface area contributed by atoms with Crippen molar-refractivity contribution in [2.75, 3.05) is 6.54 Å². The Bertz CT molecular complexity index is 426. The molecule has 6 heteroatoms. The molecule has 0 spiro atoms. The van der Waals surface area contributed by atoms with Gasteiger partial charge in [-0.05, 0) is 0 Å². The highest BCUT2D eigenvalue weighted by Gasteiger charge is 2.27. The number of ketones is 1. The first-order valence-corrected chi connectivity index (χ1v) is 6.40. The Labute approximate surface area is 113 Å². The summed E-state index contributed by atoms with van der Waals surface area (Å²) in [6.45, 7) is 5.75. The molecule has 0 unspecified atom stereocenters. The predicted octanol–water partition coefficient (Wildman–Crippen LogP) is 0.401. The van der Waals surface area contributed by atoms with E-state index in [0.29, 0.717) is 19.4 Å². The molecule has 0 fully saturated rings. The Morgan fingerprint density at radius 2 is 2.21 bits per heavy atom. The van der Waals surface area contributed by atoms with Crippen molar-refractivity contribution >= 4 is 11.7 Å². The summed E-state index contributed by atoms with van der Waals surface area (Å²) in [5.41, 5.74) is 6.06. The lowest BCUT2D eigenvalue weighted by Crippen LogP contribution is -2.46. The zero-order valence-electron chi connectivity index (χ0n) is 11.7. The van der Waals surface area contributed by atoms with E-state index >= 15 is 0 Å². The summed E-state index contributed by atoms with van der Waals surface area (Å²) in [4.78, 5) is 30.3. The third kappa shape index (κ3) is 4.48. The summed E-state index contributed by atoms with van der Waals surface area (Å²) in [5, 5.41) is 2.73. The minimum Gasteiger partial charge on any atom is -0.354 e. The number of carbonyl (C=O) groups is 2. The van der Waals surface area contributed by atoms with Crippen LogP contribution in [0.25, 0.3) is 0 Å². The van der Waals surface area contributed by atoms with Crippen LogP contribution in [0, 0.1) is 5.41 Å². The van der Waals surface area contributed by atoms with Crippen molar-refractivity contribution in [3.8, 4) is 0 Å². The van der Waals surface area contributed by atoms with Crippen LogP contribution in [0.15, 0.2) is 12.5 Å². The molecule has 1 heterocycles. The highest BCUT2D eigenvalue weighted by atomic mass is 16.2. The van der Waals surface area contributed by atoms with Gasteiger partial charge in [0.2, 0.25) is 5.91 Å². The minimum absolute atomic E-state index is 0.120. The number of Topliss-reactive ketones (excluding diaryl/α,β-unsaturated/α-hetero) is 1. The second-order valence-corrected chi connectivity index (χ2v) is 5.27. The molecular formula is C13H22N4O2. The Morgan fingerprint density at radius 1 is 1.53 bits per heavy atom. The first-order valence-electron chi connectivity index (χ1n) is 6.40. The summed E-state index contributed by atoms with van der Waals surface area (Å²) in [6, 6.07) is -0.645. The fourth-order valence-electron chi connectivity index (χ4n) is 1.74. The van der Waals surface area contributed by atoms with Crippen LogP contribution in [-0.4, -0.2) is 34.2 Å². The van der Waals surface area contributed by atoms with Crippen LogP contribution in [-0.2, 0) is 16.0 Å². The van der Waals surface area contributed by atoms with E-state index in [4.69, 9.17) is 5.73 Å². The van der Waals surface area contributed by atoms with Crippen LogP contribution < -0.4 is 11.1 Å². The smallest absolute Gasteiger partial charge is 0.237 e. The number of imidazole rings is 1. The van der Waals surface area contributed by atoms with Gasteiger partial charge in [-0.1, -0.05) is 20.8 Å². The van der Waals surface area contributed by atoms with Crippen LogP contribution in [0.1, 0.15) is 32.9 Å². The van der Waals surface area contributed by atoms with Crippen LogP contribution >= 0.6 is 0 Å². The molecule has 1 amide bonds. The standard InChI is InChI=1S/C13H22N4O2/c1-4-11(18)13(2,3)7-16-12(19)10(14)5-9-6-15-8-17-9/h6,8,10H,4-5,7,14H2,1-3H3,(H,15,17)(H,16,19)/t10-/m0/s1. The fourth-order valence-corrected chi connectivity index (χ4v) is 1.74. The molecule has 0 aliphatic heterocycles. The van der Waals surface area contributed by atoms with Gasteiger partial charge in [0.1, 0.15) is 5.78 Å². The second kappa shape index (κ2) is 6.47. The molecule has 1 rings (SSSR count). The number of amides is 1. The quantitative estimate of drug-likeness (QED) is 0.665. The highest BCUT2D eigenvalue weighted by Crippen LogP contribution is 2.16. The summed E-state index contributed by atoms with van der Waals surface area (Å²) >= 11 is 0. The molecule has 1 atom stereocenters. The molecule has 0 aliphatic rings. The third-order valence-electron chi connectivity index (χ3n) is 3.11. The molecule has 0 aliphatic carbocycles. The molecule has 1 aromatic heterocycles. The topological polar surface area (TPSA) is 101 Å². The maximum atomic E-state index is 11.8. The van der Waals surface area contributed by atoms with Crippen molar-refractivity contribution in [3.63, 3.8) is 0 Å². The monoisotopic (exact) mass is 266 g/mol. The number of nitrogens with zero attached hydrogens (tertiary/aromatic N) is 1. The number of carbonyl (C=O) groups excluding carboxylic acids is 2. The van der Waals surface area contributed by atoms with Crippen LogP contribution in [0.3, 0.4) is 0 Å². The lowest BCUT2D eigenvalue weighted by atomic mass is 9.86. The summed E-state index contributed by atoms with van der Waals surface area (Å²) in [6.07, 6.45) is 4.04. The van der Waals surface area contributed by atoms with Crippen molar-refractivity contribution in [2.24, 2.45) is 11.1 Å². The van der Waals surface area contributed by atoms with Gasteiger partial charge in [-0.2, -0.15) is 0 Å². The maximum Gasteiger partial charge on any atom is 0.237 e. The minimum atomic E-state index is -0.645. The summed E-state index contributed by atoms with van der Waals surface area (Å²) in [7, 11) is 0. The molecule has 0 saturated carbocycles. The fraction of sp³-hybridized carbons (Fsp3) is 0.615. The number of aromatic amines is 1. The van der Waals surface area contributed by atoms with Gasteiger partial charge in [0.25, 0.3) is 0 Å². The van der Waals surface area contributed by atoms with Crippen LogP contribution in [0.4, 0.5) is 0 Å². The number of hydrogen-bond acceptors (Lipinski definition) is 4. The van der Waals surface area contributed by atoms with E-state index in [0.717, 1.165) is 5.69 Å². The molecule has 4 N–H and O–H groups in total. The van der Waals surface area contributed by atoms with E-state index in [1.165, 1.54) is 0 Å². The Hall–Kier alpha value is -1.69. The van der Waals surface area contributed by atoms with Crippen molar-refractivity contribution in [1.82, 2.24) is 15.3 Å². The van der Waals surface area contributed by atoms with Crippen LogP contribution in [0.2, 0.25) is 0 Å². The lowest BCUT2D eigenvalue weighted by molar-refractivity contribution is -0.128. The number of rotatable bonds is 7. The zero-order chi connectivity index (χ0) is 14.5. The summed E-state index contributed by atoms with van der Waals surface area (Å²) < 4.78 is 0. The van der Waals surface area contributed by atoms with Crippen molar-refractivity contribution in [3.05, 3.63) is 18.2 Å². The van der Waals surface area contributed by atoms with Gasteiger partial charge in [-0.25, -0.2) is 4.98 Å². The van der Waals surface area contributed by atoms with E-state index in [9.17, 15) is 9.59 Å². The van der Waals surface area contributed by atoms with E-state index in [1.807, 2.05) is 20.8 Å². The lowest BCUT2D eigenvalue weighted by Gasteiger charge is -2.23. The SMILES string of the molecule is CCC(=O)C(C)(C)CNC(=O)[C@@H](N)Cc1cnc[nH]1. The second-order valence-electron chi connectivity index (χ2n) is 5.27. The van der Waals surface area contributed by atoms with E-state index < -0.39 is 11.5 Å². The number of hydrogen-bond donors (Lipinski definition) is 3. The number of aromatic nitrogens is 2. The van der Waals surface area contributed by atoms with E-state index in [1.54, 1.807) is 12.5 Å². The molecule has 0 aromatic carbocycles. The number of nitrogens with two attached hydrogens (primary N) is 1. The van der Waals surface area contributed by atoms with Gasteiger partial charge in [0.05, 0.1) is 12.4 Å². The average molecular weight is 266 g/mol. The molecule has 0 saturated heterocycles. The van der Waals surface area contributed by atoms with Gasteiger partial charge < -0.3 is 16.0 Å². The highest BCUT2D eigenvalue weighted by molar-refractivity contribution is 5.86.